The minimum atomic E-state index is 0.384. The van der Waals surface area contributed by atoms with Crippen LogP contribution in [0.15, 0.2) is 48.1 Å². The molecule has 0 bridgehead atoms. The van der Waals surface area contributed by atoms with Gasteiger partial charge in [-0.2, -0.15) is 0 Å². The van der Waals surface area contributed by atoms with Crippen LogP contribution in [-0.4, -0.2) is 13.0 Å². The van der Waals surface area contributed by atoms with Crippen molar-refractivity contribution >= 4 is 11.6 Å². The minimum absolute atomic E-state index is 0.384. The molecule has 0 aliphatic heterocycles. The number of ether oxygens (including phenoxy) is 1. The largest absolute Gasteiger partial charge is 0.484 e. The number of nitrogens with zero attached hydrogens (tertiary/aromatic N) is 1. The Hall–Kier alpha value is -2.03. The van der Waals surface area contributed by atoms with Gasteiger partial charge in [0.2, 0.25) is 0 Å². The van der Waals surface area contributed by atoms with Gasteiger partial charge in [-0.1, -0.05) is 64.1 Å². The van der Waals surface area contributed by atoms with Crippen molar-refractivity contribution in [3.63, 3.8) is 0 Å². The molecule has 0 fully saturated rings. The second kappa shape index (κ2) is 9.88. The second-order valence-electron chi connectivity index (χ2n) is 5.89. The Labute approximate surface area is 141 Å². The zero-order chi connectivity index (χ0) is 17.2. The number of methoxy groups -OCH3 is 1. The third-order valence-electron chi connectivity index (χ3n) is 3.83. The molecule has 3 heteroatoms. The number of benzene rings is 1. The quantitative estimate of drug-likeness (QED) is 0.519. The maximum atomic E-state index is 5.69. The van der Waals surface area contributed by atoms with E-state index in [0.717, 1.165) is 48.4 Å². The smallest absolute Gasteiger partial charge is 0.190 e. The second-order valence-corrected chi connectivity index (χ2v) is 5.89. The van der Waals surface area contributed by atoms with Gasteiger partial charge in [-0.25, -0.2) is 4.99 Å². The molecule has 0 heterocycles. The SMILES string of the molecule is C=C(Cc1ccc(C(=C)N)cc1)N=C(OC)C(CCC)CCC. The summed E-state index contributed by atoms with van der Waals surface area (Å²) in [5.41, 5.74) is 9.19. The molecule has 0 spiro atoms. The van der Waals surface area contributed by atoms with E-state index in [4.69, 9.17) is 10.5 Å². The van der Waals surface area contributed by atoms with Crippen molar-refractivity contribution in [2.75, 3.05) is 7.11 Å². The Bertz CT molecular complexity index is 537. The number of nitrogens with two attached hydrogens (primary N) is 1. The molecule has 126 valence electrons. The van der Waals surface area contributed by atoms with Crippen molar-refractivity contribution in [2.45, 2.75) is 46.0 Å². The summed E-state index contributed by atoms with van der Waals surface area (Å²) < 4.78 is 5.54. The van der Waals surface area contributed by atoms with E-state index in [-0.39, 0.29) is 0 Å². The molecule has 2 N–H and O–H groups in total. The van der Waals surface area contributed by atoms with Crippen LogP contribution < -0.4 is 5.73 Å². The van der Waals surface area contributed by atoms with E-state index in [1.54, 1.807) is 7.11 Å². The fourth-order valence-electron chi connectivity index (χ4n) is 2.66. The Balaban J connectivity index is 2.79. The van der Waals surface area contributed by atoms with Gasteiger partial charge in [0.05, 0.1) is 7.11 Å². The number of allylic oxidation sites excluding steroid dienone is 1. The van der Waals surface area contributed by atoms with Crippen molar-refractivity contribution in [1.29, 1.82) is 0 Å². The van der Waals surface area contributed by atoms with Crippen LogP contribution in [0.3, 0.4) is 0 Å². The van der Waals surface area contributed by atoms with Crippen LogP contribution in [0.4, 0.5) is 0 Å². The third kappa shape index (κ3) is 6.31. The molecule has 3 nitrogen and oxygen atoms in total. The van der Waals surface area contributed by atoms with Gasteiger partial charge in [0.1, 0.15) is 0 Å². The summed E-state index contributed by atoms with van der Waals surface area (Å²) >= 11 is 0. The van der Waals surface area contributed by atoms with Crippen molar-refractivity contribution in [2.24, 2.45) is 16.6 Å². The minimum Gasteiger partial charge on any atom is -0.484 e. The molecule has 0 saturated heterocycles. The van der Waals surface area contributed by atoms with Crippen molar-refractivity contribution in [3.05, 3.63) is 54.2 Å². The molecule has 23 heavy (non-hydrogen) atoms. The van der Waals surface area contributed by atoms with Gasteiger partial charge in [0, 0.05) is 23.7 Å². The summed E-state index contributed by atoms with van der Waals surface area (Å²) in [4.78, 5) is 4.64. The van der Waals surface area contributed by atoms with Crippen LogP contribution >= 0.6 is 0 Å². The van der Waals surface area contributed by atoms with E-state index in [1.165, 1.54) is 0 Å². The number of rotatable bonds is 9. The summed E-state index contributed by atoms with van der Waals surface area (Å²) in [5, 5.41) is 0. The molecular formula is C20H30N2O. The van der Waals surface area contributed by atoms with Gasteiger partial charge in [-0.05, 0) is 24.0 Å². The summed E-state index contributed by atoms with van der Waals surface area (Å²) in [6.07, 6.45) is 5.16. The first-order valence-corrected chi connectivity index (χ1v) is 8.35. The molecule has 0 unspecified atom stereocenters. The van der Waals surface area contributed by atoms with Crippen LogP contribution in [0, 0.1) is 5.92 Å². The highest BCUT2D eigenvalue weighted by Gasteiger charge is 2.15. The normalized spacial score (nSPS) is 11.6. The average Bonchev–Trinajstić information content (AvgIpc) is 2.53. The van der Waals surface area contributed by atoms with Gasteiger partial charge < -0.3 is 10.5 Å². The topological polar surface area (TPSA) is 47.6 Å². The Morgan fingerprint density at radius 1 is 1.13 bits per heavy atom. The van der Waals surface area contributed by atoms with E-state index in [0.29, 0.717) is 18.0 Å². The van der Waals surface area contributed by atoms with Crippen molar-refractivity contribution in [3.8, 4) is 0 Å². The van der Waals surface area contributed by atoms with Gasteiger partial charge in [0.15, 0.2) is 5.90 Å². The zero-order valence-corrected chi connectivity index (χ0v) is 14.8. The molecule has 1 aromatic carbocycles. The van der Waals surface area contributed by atoms with Gasteiger partial charge in [-0.15, -0.1) is 0 Å². The van der Waals surface area contributed by atoms with E-state index >= 15 is 0 Å². The Morgan fingerprint density at radius 2 is 1.70 bits per heavy atom. The molecular weight excluding hydrogens is 284 g/mol. The zero-order valence-electron chi connectivity index (χ0n) is 14.8. The fourth-order valence-corrected chi connectivity index (χ4v) is 2.66. The van der Waals surface area contributed by atoms with Crippen LogP contribution in [-0.2, 0) is 11.2 Å². The van der Waals surface area contributed by atoms with E-state index < -0.39 is 0 Å². The van der Waals surface area contributed by atoms with Gasteiger partial charge >= 0.3 is 0 Å². The molecule has 0 saturated carbocycles. The lowest BCUT2D eigenvalue weighted by molar-refractivity contribution is 0.349. The lowest BCUT2D eigenvalue weighted by atomic mass is 9.98. The molecule has 0 aliphatic carbocycles. The first kappa shape index (κ1) is 19.0. The van der Waals surface area contributed by atoms with Crippen LogP contribution in [0.25, 0.3) is 5.70 Å². The van der Waals surface area contributed by atoms with Crippen molar-refractivity contribution in [1.82, 2.24) is 0 Å². The van der Waals surface area contributed by atoms with Gasteiger partial charge in [-0.3, -0.25) is 0 Å². The van der Waals surface area contributed by atoms with E-state index in [9.17, 15) is 0 Å². The summed E-state index contributed by atoms with van der Waals surface area (Å²) in [7, 11) is 1.70. The number of hydrogen-bond acceptors (Lipinski definition) is 3. The molecule has 0 aliphatic rings. The number of hydrogen-bond donors (Lipinski definition) is 1. The van der Waals surface area contributed by atoms with Crippen LogP contribution in [0.1, 0.15) is 50.7 Å². The molecule has 0 amide bonds. The Morgan fingerprint density at radius 3 is 2.13 bits per heavy atom. The predicted octanol–water partition coefficient (Wildman–Crippen LogP) is 4.93. The monoisotopic (exact) mass is 314 g/mol. The first-order chi connectivity index (χ1) is 11.0. The highest BCUT2D eigenvalue weighted by Crippen LogP contribution is 2.19. The molecule has 1 aromatic rings. The van der Waals surface area contributed by atoms with Crippen LogP contribution in [0.2, 0.25) is 0 Å². The van der Waals surface area contributed by atoms with E-state index in [1.807, 2.05) is 24.3 Å². The maximum Gasteiger partial charge on any atom is 0.190 e. The van der Waals surface area contributed by atoms with Gasteiger partial charge in [0.25, 0.3) is 0 Å². The molecule has 0 aromatic heterocycles. The molecule has 0 radical (unpaired) electrons. The predicted molar refractivity (Wildman–Crippen MR) is 100 cm³/mol. The third-order valence-corrected chi connectivity index (χ3v) is 3.83. The van der Waals surface area contributed by atoms with Crippen molar-refractivity contribution < 1.29 is 4.74 Å². The van der Waals surface area contributed by atoms with Crippen LogP contribution in [0.5, 0.6) is 0 Å². The highest BCUT2D eigenvalue weighted by atomic mass is 16.5. The summed E-state index contributed by atoms with van der Waals surface area (Å²) in [5.74, 6) is 1.19. The maximum absolute atomic E-state index is 5.69. The summed E-state index contributed by atoms with van der Waals surface area (Å²) in [6, 6.07) is 8.03. The summed E-state index contributed by atoms with van der Waals surface area (Å²) in [6.45, 7) is 12.2. The average molecular weight is 314 g/mol. The lowest BCUT2D eigenvalue weighted by Crippen LogP contribution is -2.17. The number of aliphatic imine (C=N–C) groups is 1. The fraction of sp³-hybridized carbons (Fsp3) is 0.450. The standard InChI is InChI=1S/C20H30N2O/c1-6-8-19(9-7-2)20(23-5)22-15(3)14-17-10-12-18(13-11-17)16(4)21/h10-13,19H,3-4,6-9,14,21H2,1-2,5H3. The molecule has 1 rings (SSSR count). The molecule has 0 atom stereocenters. The first-order valence-electron chi connectivity index (χ1n) is 8.35. The van der Waals surface area contributed by atoms with E-state index in [2.05, 4.69) is 32.0 Å². The lowest BCUT2D eigenvalue weighted by Gasteiger charge is -2.17. The Kier molecular flexibility index (Phi) is 8.17. The highest BCUT2D eigenvalue weighted by molar-refractivity contribution is 5.79.